The number of fused-ring (bicyclic) bond motifs is 2. The lowest BCUT2D eigenvalue weighted by Crippen LogP contribution is -2.31. The van der Waals surface area contributed by atoms with E-state index in [0.29, 0.717) is 52.7 Å². The second-order valence-electron chi connectivity index (χ2n) is 8.24. The van der Waals surface area contributed by atoms with Crippen molar-refractivity contribution in [2.45, 2.75) is 39.7 Å². The van der Waals surface area contributed by atoms with Gasteiger partial charge in [0.15, 0.2) is 16.9 Å². The molecule has 0 saturated heterocycles. The van der Waals surface area contributed by atoms with Gasteiger partial charge >= 0.3 is 0 Å². The zero-order chi connectivity index (χ0) is 24.4. The van der Waals surface area contributed by atoms with E-state index in [1.165, 1.54) is 0 Å². The number of ether oxygens (including phenoxy) is 2. The number of rotatable bonds is 9. The molecule has 7 nitrogen and oxygen atoms in total. The number of carbonyl (C=O) groups excluding carboxylic acids is 1. The fraction of sp³-hybridized carbons (Fsp3) is 0.385. The smallest absolute Gasteiger partial charge is 0.290 e. The number of hydrogen-bond donors (Lipinski definition) is 1. The normalized spacial score (nSPS) is 15.1. The Morgan fingerprint density at radius 3 is 2.62 bits per heavy atom. The molecule has 34 heavy (non-hydrogen) atoms. The van der Waals surface area contributed by atoms with Crippen molar-refractivity contribution in [2.75, 3.05) is 26.4 Å². The second-order valence-corrected chi connectivity index (χ2v) is 8.64. The van der Waals surface area contributed by atoms with Crippen LogP contribution in [0.4, 0.5) is 0 Å². The number of hydrogen-bond acceptors (Lipinski definition) is 6. The van der Waals surface area contributed by atoms with Crippen molar-refractivity contribution in [2.24, 2.45) is 0 Å². The molecule has 0 fully saturated rings. The third-order valence-corrected chi connectivity index (χ3v) is 6.26. The maximum Gasteiger partial charge on any atom is 0.290 e. The van der Waals surface area contributed by atoms with E-state index >= 15 is 0 Å². The van der Waals surface area contributed by atoms with Crippen molar-refractivity contribution in [1.29, 1.82) is 0 Å². The standard InChI is InChI=1S/C26H28ClNO6/c1-4-11-33-19-8-7-16(13-21(19)32-5-2)23-22-24(30)17-14-18(27)15(3)12-20(17)34-25(22)26(31)28(23)9-6-10-29/h7-8,12-14,23,29H,4-6,9-11H2,1-3H3. The molecular formula is C26H28ClNO6. The molecule has 3 aromatic rings. The molecule has 0 saturated carbocycles. The van der Waals surface area contributed by atoms with Gasteiger partial charge < -0.3 is 23.9 Å². The highest BCUT2D eigenvalue weighted by Gasteiger charge is 2.42. The quantitative estimate of drug-likeness (QED) is 0.465. The lowest BCUT2D eigenvalue weighted by atomic mass is 9.97. The summed E-state index contributed by atoms with van der Waals surface area (Å²) in [7, 11) is 0. The summed E-state index contributed by atoms with van der Waals surface area (Å²) in [5, 5.41) is 10.2. The monoisotopic (exact) mass is 485 g/mol. The molecule has 0 aliphatic carbocycles. The van der Waals surface area contributed by atoms with Crippen LogP contribution < -0.4 is 14.9 Å². The molecule has 180 valence electrons. The van der Waals surface area contributed by atoms with E-state index in [9.17, 15) is 14.7 Å². The predicted molar refractivity (Wildman–Crippen MR) is 130 cm³/mol. The number of amides is 1. The fourth-order valence-corrected chi connectivity index (χ4v) is 4.42. The highest BCUT2D eigenvalue weighted by molar-refractivity contribution is 6.32. The van der Waals surface area contributed by atoms with Crippen molar-refractivity contribution in [1.82, 2.24) is 4.90 Å². The topological polar surface area (TPSA) is 89.2 Å². The summed E-state index contributed by atoms with van der Waals surface area (Å²) in [5.41, 5.74) is 1.73. The van der Waals surface area contributed by atoms with Crippen LogP contribution >= 0.6 is 11.6 Å². The number of halogens is 1. The average Bonchev–Trinajstić information content (AvgIpc) is 3.10. The molecule has 0 bridgehead atoms. The number of benzene rings is 2. The van der Waals surface area contributed by atoms with Gasteiger partial charge in [0.25, 0.3) is 5.91 Å². The summed E-state index contributed by atoms with van der Waals surface area (Å²) >= 11 is 6.29. The summed E-state index contributed by atoms with van der Waals surface area (Å²) in [4.78, 5) is 28.6. The first-order valence-corrected chi connectivity index (χ1v) is 11.9. The van der Waals surface area contributed by atoms with Gasteiger partial charge in [-0.3, -0.25) is 9.59 Å². The van der Waals surface area contributed by atoms with Crippen molar-refractivity contribution in [3.8, 4) is 11.5 Å². The first-order valence-electron chi connectivity index (χ1n) is 11.5. The van der Waals surface area contributed by atoms with E-state index in [1.54, 1.807) is 29.2 Å². The van der Waals surface area contributed by atoms with Gasteiger partial charge in [-0.25, -0.2) is 0 Å². The minimum absolute atomic E-state index is 0.0198. The van der Waals surface area contributed by atoms with Crippen LogP contribution in [-0.4, -0.2) is 42.3 Å². The lowest BCUT2D eigenvalue weighted by Gasteiger charge is -2.25. The zero-order valence-corrected chi connectivity index (χ0v) is 20.3. The molecule has 0 spiro atoms. The van der Waals surface area contributed by atoms with Gasteiger partial charge in [-0.05, 0) is 62.1 Å². The Morgan fingerprint density at radius 2 is 1.91 bits per heavy atom. The Kier molecular flexibility index (Phi) is 7.14. The summed E-state index contributed by atoms with van der Waals surface area (Å²) in [6.45, 7) is 6.87. The van der Waals surface area contributed by atoms with Crippen LogP contribution in [0.5, 0.6) is 11.5 Å². The van der Waals surface area contributed by atoms with Gasteiger partial charge in [0.05, 0.1) is 30.2 Å². The number of aliphatic hydroxyl groups excluding tert-OH is 1. The van der Waals surface area contributed by atoms with Crippen molar-refractivity contribution >= 4 is 28.5 Å². The molecule has 1 aromatic heterocycles. The number of carbonyl (C=O) groups is 1. The third-order valence-electron chi connectivity index (χ3n) is 5.85. The molecule has 1 amide bonds. The van der Waals surface area contributed by atoms with E-state index in [0.717, 1.165) is 12.0 Å². The number of nitrogens with zero attached hydrogens (tertiary/aromatic N) is 1. The molecule has 1 unspecified atom stereocenters. The Balaban J connectivity index is 1.91. The average molecular weight is 486 g/mol. The molecule has 1 aliphatic heterocycles. The molecule has 1 aliphatic rings. The predicted octanol–water partition coefficient (Wildman–Crippen LogP) is 4.87. The van der Waals surface area contributed by atoms with Gasteiger partial charge in [0.2, 0.25) is 5.76 Å². The first kappa shape index (κ1) is 24.1. The molecule has 2 aromatic carbocycles. The lowest BCUT2D eigenvalue weighted by molar-refractivity contribution is 0.0716. The maximum absolute atomic E-state index is 13.6. The minimum Gasteiger partial charge on any atom is -0.490 e. The maximum atomic E-state index is 13.6. The summed E-state index contributed by atoms with van der Waals surface area (Å²) < 4.78 is 17.6. The Morgan fingerprint density at radius 1 is 1.12 bits per heavy atom. The van der Waals surface area contributed by atoms with Crippen LogP contribution in [0.2, 0.25) is 5.02 Å². The highest BCUT2D eigenvalue weighted by atomic mass is 35.5. The SMILES string of the molecule is CCCOc1ccc(C2c3c(oc4cc(C)c(Cl)cc4c3=O)C(=O)N2CCCO)cc1OCC. The van der Waals surface area contributed by atoms with E-state index in [-0.39, 0.29) is 35.8 Å². The molecule has 8 heteroatoms. The van der Waals surface area contributed by atoms with E-state index < -0.39 is 6.04 Å². The van der Waals surface area contributed by atoms with Gasteiger partial charge in [0.1, 0.15) is 5.58 Å². The van der Waals surface area contributed by atoms with Crippen LogP contribution in [0, 0.1) is 6.92 Å². The van der Waals surface area contributed by atoms with Crippen LogP contribution in [0.3, 0.4) is 0 Å². The van der Waals surface area contributed by atoms with Gasteiger partial charge in [-0.1, -0.05) is 24.6 Å². The first-order chi connectivity index (χ1) is 16.4. The van der Waals surface area contributed by atoms with Crippen molar-refractivity contribution in [3.63, 3.8) is 0 Å². The van der Waals surface area contributed by atoms with E-state index in [4.69, 9.17) is 25.5 Å². The number of aryl methyl sites for hydroxylation is 1. The molecule has 4 rings (SSSR count). The van der Waals surface area contributed by atoms with Gasteiger partial charge in [0, 0.05) is 18.2 Å². The Bertz CT molecular complexity index is 1280. The number of aliphatic hydroxyl groups is 1. The highest BCUT2D eigenvalue weighted by Crippen LogP contribution is 2.41. The fourth-order valence-electron chi connectivity index (χ4n) is 4.25. The summed E-state index contributed by atoms with van der Waals surface area (Å²) in [5.74, 6) is 0.780. The largest absolute Gasteiger partial charge is 0.490 e. The van der Waals surface area contributed by atoms with Crippen LogP contribution in [-0.2, 0) is 0 Å². The molecule has 1 atom stereocenters. The van der Waals surface area contributed by atoms with Crippen LogP contribution in [0.1, 0.15) is 60.0 Å². The van der Waals surface area contributed by atoms with Gasteiger partial charge in [-0.15, -0.1) is 0 Å². The Hall–Kier alpha value is -3.03. The minimum atomic E-state index is -0.686. The van der Waals surface area contributed by atoms with Crippen LogP contribution in [0.15, 0.2) is 39.5 Å². The van der Waals surface area contributed by atoms with Gasteiger partial charge in [-0.2, -0.15) is 0 Å². The summed E-state index contributed by atoms with van der Waals surface area (Å²) in [6.07, 6.45) is 1.22. The van der Waals surface area contributed by atoms with Crippen molar-refractivity contribution < 1.29 is 23.8 Å². The molecule has 0 radical (unpaired) electrons. The molecule has 1 N–H and O–H groups in total. The molecular weight excluding hydrogens is 458 g/mol. The third kappa shape index (κ3) is 4.26. The Labute approximate surface area is 202 Å². The summed E-state index contributed by atoms with van der Waals surface area (Å²) in [6, 6.07) is 8.01. The van der Waals surface area contributed by atoms with E-state index in [2.05, 4.69) is 0 Å². The van der Waals surface area contributed by atoms with Crippen LogP contribution in [0.25, 0.3) is 11.0 Å². The second kappa shape index (κ2) is 10.1. The molecule has 2 heterocycles. The zero-order valence-electron chi connectivity index (χ0n) is 19.5. The van der Waals surface area contributed by atoms with E-state index in [1.807, 2.05) is 26.8 Å². The van der Waals surface area contributed by atoms with Crippen molar-refractivity contribution in [3.05, 3.63) is 68.0 Å².